The molecule has 2 atom stereocenters. The van der Waals surface area contributed by atoms with Gasteiger partial charge in [0.05, 0.1) is 6.61 Å². The summed E-state index contributed by atoms with van der Waals surface area (Å²) < 4.78 is 5.41. The van der Waals surface area contributed by atoms with Crippen molar-refractivity contribution in [3.8, 4) is 0 Å². The van der Waals surface area contributed by atoms with Crippen LogP contribution in [0.4, 0.5) is 0 Å². The first-order valence-corrected chi connectivity index (χ1v) is 12.5. The SMILES string of the molecule is CNC(=O)CCC(C)[C@H]1CC[C@]2(CC[C@](c3ccccc3)(N(C)C)CC2)N(CCOC)C1=O. The summed E-state index contributed by atoms with van der Waals surface area (Å²) >= 11 is 0. The second kappa shape index (κ2) is 11.0. The number of carbonyl (C=O) groups excluding carboxylic acids is 2. The summed E-state index contributed by atoms with van der Waals surface area (Å²) in [5.74, 6) is 0.503. The maximum absolute atomic E-state index is 13.8. The van der Waals surface area contributed by atoms with Crippen molar-refractivity contribution in [3.63, 3.8) is 0 Å². The van der Waals surface area contributed by atoms with Crippen LogP contribution in [0.5, 0.6) is 0 Å². The average molecular weight is 458 g/mol. The average Bonchev–Trinajstić information content (AvgIpc) is 2.83. The lowest BCUT2D eigenvalue weighted by atomic mass is 9.63. The highest BCUT2D eigenvalue weighted by molar-refractivity contribution is 5.81. The minimum atomic E-state index is -0.0824. The van der Waals surface area contributed by atoms with E-state index in [9.17, 15) is 9.59 Å². The molecule has 2 amide bonds. The molecule has 1 spiro atoms. The number of nitrogens with one attached hydrogen (secondary N) is 1. The smallest absolute Gasteiger partial charge is 0.226 e. The zero-order chi connectivity index (χ0) is 24.1. The number of benzene rings is 1. The van der Waals surface area contributed by atoms with E-state index in [0.29, 0.717) is 19.6 Å². The fourth-order valence-corrected chi connectivity index (χ4v) is 6.25. The van der Waals surface area contributed by atoms with Crippen LogP contribution in [0.2, 0.25) is 0 Å². The zero-order valence-corrected chi connectivity index (χ0v) is 21.2. The number of rotatable bonds is 9. The molecule has 2 aliphatic rings. The molecule has 1 N–H and O–H groups in total. The molecule has 1 aliphatic carbocycles. The molecule has 2 fully saturated rings. The van der Waals surface area contributed by atoms with Crippen molar-refractivity contribution in [3.05, 3.63) is 35.9 Å². The molecule has 0 radical (unpaired) electrons. The van der Waals surface area contributed by atoms with Gasteiger partial charge in [-0.2, -0.15) is 0 Å². The highest BCUT2D eigenvalue weighted by Crippen LogP contribution is 2.51. The molecular weight excluding hydrogens is 414 g/mol. The molecule has 1 saturated carbocycles. The van der Waals surface area contributed by atoms with Gasteiger partial charge in [0.1, 0.15) is 0 Å². The van der Waals surface area contributed by atoms with Gasteiger partial charge < -0.3 is 15.0 Å². The quantitative estimate of drug-likeness (QED) is 0.613. The van der Waals surface area contributed by atoms with E-state index in [1.165, 1.54) is 5.56 Å². The van der Waals surface area contributed by atoms with E-state index in [4.69, 9.17) is 4.74 Å². The Kier molecular flexibility index (Phi) is 8.57. The first kappa shape index (κ1) is 25.7. The molecule has 1 saturated heterocycles. The highest BCUT2D eigenvalue weighted by Gasteiger charge is 2.52. The van der Waals surface area contributed by atoms with Crippen LogP contribution in [-0.2, 0) is 19.9 Å². The molecular formula is C27H43N3O3. The van der Waals surface area contributed by atoms with Gasteiger partial charge in [-0.1, -0.05) is 37.3 Å². The second-order valence-electron chi connectivity index (χ2n) is 10.3. The Labute approximate surface area is 200 Å². The first-order valence-electron chi connectivity index (χ1n) is 12.5. The molecule has 6 heteroatoms. The van der Waals surface area contributed by atoms with Crippen molar-refractivity contribution in [2.45, 2.75) is 69.4 Å². The summed E-state index contributed by atoms with van der Waals surface area (Å²) in [6.07, 6.45) is 7.28. The first-order chi connectivity index (χ1) is 15.8. The molecule has 0 aromatic heterocycles. The van der Waals surface area contributed by atoms with Crippen LogP contribution in [0.1, 0.15) is 63.9 Å². The maximum Gasteiger partial charge on any atom is 0.226 e. The van der Waals surface area contributed by atoms with Crippen LogP contribution in [0.25, 0.3) is 0 Å². The van der Waals surface area contributed by atoms with Crippen molar-refractivity contribution in [2.75, 3.05) is 41.4 Å². The molecule has 0 bridgehead atoms. The Morgan fingerprint density at radius 2 is 1.85 bits per heavy atom. The van der Waals surface area contributed by atoms with Crippen molar-refractivity contribution in [2.24, 2.45) is 11.8 Å². The molecule has 3 rings (SSSR count). The lowest BCUT2D eigenvalue weighted by Gasteiger charge is -2.57. The van der Waals surface area contributed by atoms with Gasteiger partial charge >= 0.3 is 0 Å². The standard InChI is InChI=1S/C27H43N3O3/c1-21(11-12-24(31)28-2)23-13-14-26(30(25(23)32)19-20-33-5)15-17-27(18-16-26,29(3)4)22-9-7-6-8-10-22/h6-10,21,23H,11-20H2,1-5H3,(H,28,31)/t21?,23-,26-,27+/m1/s1. The number of amides is 2. The molecule has 33 heavy (non-hydrogen) atoms. The minimum absolute atomic E-state index is 0.00760. The third-order valence-corrected chi connectivity index (χ3v) is 8.56. The maximum atomic E-state index is 13.8. The Balaban J connectivity index is 1.78. The lowest BCUT2D eigenvalue weighted by molar-refractivity contribution is -0.156. The van der Waals surface area contributed by atoms with E-state index in [1.807, 2.05) is 0 Å². The van der Waals surface area contributed by atoms with Gasteiger partial charge in [-0.3, -0.25) is 14.5 Å². The summed E-state index contributed by atoms with van der Waals surface area (Å²) in [7, 11) is 7.74. The molecule has 1 heterocycles. The molecule has 1 aromatic carbocycles. The fraction of sp³-hybridized carbons (Fsp3) is 0.704. The third-order valence-electron chi connectivity index (χ3n) is 8.56. The largest absolute Gasteiger partial charge is 0.383 e. The Morgan fingerprint density at radius 3 is 2.42 bits per heavy atom. The highest BCUT2D eigenvalue weighted by atomic mass is 16.5. The predicted molar refractivity (Wildman–Crippen MR) is 132 cm³/mol. The number of likely N-dealkylation sites (tertiary alicyclic amines) is 1. The van der Waals surface area contributed by atoms with Crippen molar-refractivity contribution >= 4 is 11.8 Å². The van der Waals surface area contributed by atoms with E-state index in [1.54, 1.807) is 14.2 Å². The number of nitrogens with zero attached hydrogens (tertiary/aromatic N) is 2. The zero-order valence-electron chi connectivity index (χ0n) is 21.2. The van der Waals surface area contributed by atoms with E-state index in [-0.39, 0.29) is 34.7 Å². The molecule has 1 unspecified atom stereocenters. The number of hydrogen-bond donors (Lipinski definition) is 1. The van der Waals surface area contributed by atoms with Gasteiger partial charge in [0.15, 0.2) is 0 Å². The number of methoxy groups -OCH3 is 1. The van der Waals surface area contributed by atoms with Crippen LogP contribution in [0.3, 0.4) is 0 Å². The summed E-state index contributed by atoms with van der Waals surface area (Å²) in [6, 6.07) is 10.8. The normalized spacial score (nSPS) is 28.8. The molecule has 184 valence electrons. The summed E-state index contributed by atoms with van der Waals surface area (Å²) in [5.41, 5.74) is 1.30. The lowest BCUT2D eigenvalue weighted by Crippen LogP contribution is -2.62. The van der Waals surface area contributed by atoms with Gasteiger partial charge in [-0.15, -0.1) is 0 Å². The summed E-state index contributed by atoms with van der Waals surface area (Å²) in [5, 5.41) is 2.69. The summed E-state index contributed by atoms with van der Waals surface area (Å²) in [4.78, 5) is 30.1. The van der Waals surface area contributed by atoms with E-state index in [2.05, 4.69) is 66.5 Å². The number of hydrogen-bond acceptors (Lipinski definition) is 4. The van der Waals surface area contributed by atoms with Crippen LogP contribution >= 0.6 is 0 Å². The van der Waals surface area contributed by atoms with Gasteiger partial charge in [0.2, 0.25) is 11.8 Å². The van der Waals surface area contributed by atoms with Gasteiger partial charge in [-0.05, 0) is 70.5 Å². The van der Waals surface area contributed by atoms with Crippen molar-refractivity contribution in [1.29, 1.82) is 0 Å². The van der Waals surface area contributed by atoms with Crippen molar-refractivity contribution < 1.29 is 14.3 Å². The molecule has 6 nitrogen and oxygen atoms in total. The van der Waals surface area contributed by atoms with Gasteiger partial charge in [0.25, 0.3) is 0 Å². The van der Waals surface area contributed by atoms with Crippen LogP contribution in [0.15, 0.2) is 30.3 Å². The van der Waals surface area contributed by atoms with Gasteiger partial charge in [0, 0.05) is 44.1 Å². The van der Waals surface area contributed by atoms with Gasteiger partial charge in [-0.25, -0.2) is 0 Å². The van der Waals surface area contributed by atoms with Crippen LogP contribution < -0.4 is 5.32 Å². The van der Waals surface area contributed by atoms with Crippen LogP contribution in [-0.4, -0.2) is 68.6 Å². The van der Waals surface area contributed by atoms with Crippen LogP contribution in [0, 0.1) is 11.8 Å². The second-order valence-corrected chi connectivity index (χ2v) is 10.3. The number of piperidine rings is 1. The molecule has 1 aromatic rings. The van der Waals surface area contributed by atoms with E-state index < -0.39 is 0 Å². The topological polar surface area (TPSA) is 61.9 Å². The Bertz CT molecular complexity index is 787. The summed E-state index contributed by atoms with van der Waals surface area (Å²) in [6.45, 7) is 3.34. The Morgan fingerprint density at radius 1 is 1.18 bits per heavy atom. The van der Waals surface area contributed by atoms with E-state index in [0.717, 1.165) is 44.9 Å². The molecule has 1 aliphatic heterocycles. The number of carbonyl (C=O) groups is 2. The van der Waals surface area contributed by atoms with E-state index >= 15 is 0 Å². The fourth-order valence-electron chi connectivity index (χ4n) is 6.25. The predicted octanol–water partition coefficient (Wildman–Crippen LogP) is 3.80. The Hall–Kier alpha value is -1.92. The monoisotopic (exact) mass is 457 g/mol. The van der Waals surface area contributed by atoms with Crippen molar-refractivity contribution in [1.82, 2.24) is 15.1 Å². The third kappa shape index (κ3) is 5.27. The number of ether oxygens (including phenoxy) is 1. The minimum Gasteiger partial charge on any atom is -0.383 e.